The summed E-state index contributed by atoms with van der Waals surface area (Å²) >= 11 is 3.52. The van der Waals surface area contributed by atoms with Gasteiger partial charge in [0.25, 0.3) is 0 Å². The van der Waals surface area contributed by atoms with Crippen molar-refractivity contribution in [2.24, 2.45) is 7.05 Å². The summed E-state index contributed by atoms with van der Waals surface area (Å²) in [5.74, 6) is 0. The molecule has 0 aliphatic carbocycles. The van der Waals surface area contributed by atoms with Crippen molar-refractivity contribution in [2.45, 2.75) is 26.3 Å². The maximum absolute atomic E-state index is 4.29. The minimum Gasteiger partial charge on any atom is -0.305 e. The third kappa shape index (κ3) is 3.25. The fourth-order valence-corrected chi connectivity index (χ4v) is 2.77. The van der Waals surface area contributed by atoms with Crippen LogP contribution >= 0.6 is 15.9 Å². The SMILES string of the molecule is CCCNC(c1ccc(Br)cc1C)c1ccnn1C. The van der Waals surface area contributed by atoms with Crippen LogP contribution in [-0.2, 0) is 7.05 Å². The lowest BCUT2D eigenvalue weighted by Crippen LogP contribution is -2.26. The smallest absolute Gasteiger partial charge is 0.0750 e. The van der Waals surface area contributed by atoms with Crippen LogP contribution in [0.5, 0.6) is 0 Å². The van der Waals surface area contributed by atoms with Crippen LogP contribution in [0.2, 0.25) is 0 Å². The van der Waals surface area contributed by atoms with Crippen molar-refractivity contribution in [3.8, 4) is 0 Å². The van der Waals surface area contributed by atoms with E-state index in [-0.39, 0.29) is 6.04 Å². The molecule has 0 aliphatic heterocycles. The maximum atomic E-state index is 4.29. The molecule has 1 unspecified atom stereocenters. The number of nitrogens with one attached hydrogen (secondary N) is 1. The van der Waals surface area contributed by atoms with Gasteiger partial charge in [0.2, 0.25) is 0 Å². The molecule has 0 radical (unpaired) electrons. The van der Waals surface area contributed by atoms with Gasteiger partial charge >= 0.3 is 0 Å². The monoisotopic (exact) mass is 321 g/mol. The lowest BCUT2D eigenvalue weighted by atomic mass is 9.98. The van der Waals surface area contributed by atoms with Crippen molar-refractivity contribution in [3.05, 3.63) is 51.8 Å². The molecule has 0 saturated carbocycles. The molecule has 0 saturated heterocycles. The van der Waals surface area contributed by atoms with Crippen LogP contribution in [0.1, 0.15) is 36.2 Å². The zero-order valence-electron chi connectivity index (χ0n) is 11.7. The van der Waals surface area contributed by atoms with E-state index in [9.17, 15) is 0 Å². The van der Waals surface area contributed by atoms with Gasteiger partial charge in [-0.1, -0.05) is 28.9 Å². The Bertz CT molecular complexity index is 548. The van der Waals surface area contributed by atoms with Gasteiger partial charge in [0.1, 0.15) is 0 Å². The van der Waals surface area contributed by atoms with Crippen LogP contribution in [0, 0.1) is 6.92 Å². The highest BCUT2D eigenvalue weighted by Gasteiger charge is 2.18. The Kier molecular flexibility index (Phi) is 4.77. The summed E-state index contributed by atoms with van der Waals surface area (Å²) < 4.78 is 3.06. The van der Waals surface area contributed by atoms with Gasteiger partial charge in [0, 0.05) is 17.7 Å². The summed E-state index contributed by atoms with van der Waals surface area (Å²) in [6.07, 6.45) is 2.97. The van der Waals surface area contributed by atoms with E-state index < -0.39 is 0 Å². The number of rotatable bonds is 5. The van der Waals surface area contributed by atoms with Crippen molar-refractivity contribution in [3.63, 3.8) is 0 Å². The van der Waals surface area contributed by atoms with Crippen molar-refractivity contribution < 1.29 is 0 Å². The van der Waals surface area contributed by atoms with Crippen molar-refractivity contribution >= 4 is 15.9 Å². The quantitative estimate of drug-likeness (QED) is 0.912. The van der Waals surface area contributed by atoms with E-state index in [1.165, 1.54) is 16.8 Å². The van der Waals surface area contributed by atoms with Crippen LogP contribution in [0.15, 0.2) is 34.9 Å². The molecule has 0 amide bonds. The predicted molar refractivity (Wildman–Crippen MR) is 82.2 cm³/mol. The normalized spacial score (nSPS) is 12.6. The lowest BCUT2D eigenvalue weighted by Gasteiger charge is -2.21. The first kappa shape index (κ1) is 14.3. The number of hydrogen-bond donors (Lipinski definition) is 1. The van der Waals surface area contributed by atoms with Gasteiger partial charge in [-0.15, -0.1) is 0 Å². The number of aryl methyl sites for hydroxylation is 2. The van der Waals surface area contributed by atoms with Gasteiger partial charge in [-0.25, -0.2) is 0 Å². The van der Waals surface area contributed by atoms with Gasteiger partial charge in [0.05, 0.1) is 11.7 Å². The molecule has 1 aromatic carbocycles. The molecular weight excluding hydrogens is 302 g/mol. The lowest BCUT2D eigenvalue weighted by molar-refractivity contribution is 0.552. The molecular formula is C15H20BrN3. The summed E-state index contributed by atoms with van der Waals surface area (Å²) in [6, 6.07) is 8.71. The third-order valence-electron chi connectivity index (χ3n) is 3.30. The fraction of sp³-hybridized carbons (Fsp3) is 0.400. The molecule has 2 rings (SSSR count). The number of hydrogen-bond acceptors (Lipinski definition) is 2. The number of nitrogens with zero attached hydrogens (tertiary/aromatic N) is 2. The molecule has 0 bridgehead atoms. The van der Waals surface area contributed by atoms with Crippen LogP contribution < -0.4 is 5.32 Å². The molecule has 2 aromatic rings. The summed E-state index contributed by atoms with van der Waals surface area (Å²) in [7, 11) is 1.99. The summed E-state index contributed by atoms with van der Waals surface area (Å²) in [5.41, 5.74) is 3.78. The molecule has 0 fully saturated rings. The summed E-state index contributed by atoms with van der Waals surface area (Å²) in [4.78, 5) is 0. The highest BCUT2D eigenvalue weighted by molar-refractivity contribution is 9.10. The van der Waals surface area contributed by atoms with Crippen LogP contribution in [0.4, 0.5) is 0 Å². The highest BCUT2D eigenvalue weighted by atomic mass is 79.9. The molecule has 1 heterocycles. The van der Waals surface area contributed by atoms with E-state index in [2.05, 4.69) is 64.5 Å². The van der Waals surface area contributed by atoms with Crippen LogP contribution in [0.25, 0.3) is 0 Å². The minimum absolute atomic E-state index is 0.195. The molecule has 1 aromatic heterocycles. The number of benzene rings is 1. The first-order valence-electron chi connectivity index (χ1n) is 6.60. The molecule has 19 heavy (non-hydrogen) atoms. The summed E-state index contributed by atoms with van der Waals surface area (Å²) in [5, 5.41) is 7.90. The molecule has 102 valence electrons. The van der Waals surface area contributed by atoms with E-state index in [0.29, 0.717) is 0 Å². The third-order valence-corrected chi connectivity index (χ3v) is 3.79. The Balaban J connectivity index is 2.40. The first-order chi connectivity index (χ1) is 9.13. The van der Waals surface area contributed by atoms with Gasteiger partial charge in [0.15, 0.2) is 0 Å². The second-order valence-corrected chi connectivity index (χ2v) is 5.68. The van der Waals surface area contributed by atoms with Crippen LogP contribution in [-0.4, -0.2) is 16.3 Å². The maximum Gasteiger partial charge on any atom is 0.0750 e. The largest absolute Gasteiger partial charge is 0.305 e. The Morgan fingerprint density at radius 1 is 1.37 bits per heavy atom. The van der Waals surface area contributed by atoms with E-state index in [4.69, 9.17) is 0 Å². The molecule has 0 spiro atoms. The van der Waals surface area contributed by atoms with Crippen LogP contribution in [0.3, 0.4) is 0 Å². The zero-order valence-corrected chi connectivity index (χ0v) is 13.2. The van der Waals surface area contributed by atoms with Gasteiger partial charge in [-0.3, -0.25) is 4.68 Å². The molecule has 0 aliphatic rings. The highest BCUT2D eigenvalue weighted by Crippen LogP contribution is 2.26. The van der Waals surface area contributed by atoms with E-state index >= 15 is 0 Å². The van der Waals surface area contributed by atoms with Gasteiger partial charge < -0.3 is 5.32 Å². The average molecular weight is 322 g/mol. The fourth-order valence-electron chi connectivity index (χ4n) is 2.29. The second kappa shape index (κ2) is 6.35. The standard InChI is InChI=1S/C15H20BrN3/c1-4-8-17-15(14-7-9-18-19(14)3)13-6-5-12(16)10-11(13)2/h5-7,9-10,15,17H,4,8H2,1-3H3. The summed E-state index contributed by atoms with van der Waals surface area (Å²) in [6.45, 7) is 5.32. The molecule has 1 N–H and O–H groups in total. The number of aromatic nitrogens is 2. The van der Waals surface area contributed by atoms with E-state index in [1.54, 1.807) is 0 Å². The van der Waals surface area contributed by atoms with Gasteiger partial charge in [-0.2, -0.15) is 5.10 Å². The minimum atomic E-state index is 0.195. The van der Waals surface area contributed by atoms with Crippen molar-refractivity contribution in [1.29, 1.82) is 0 Å². The van der Waals surface area contributed by atoms with E-state index in [1.807, 2.05) is 17.9 Å². The zero-order chi connectivity index (χ0) is 13.8. The van der Waals surface area contributed by atoms with Crippen molar-refractivity contribution in [2.75, 3.05) is 6.54 Å². The first-order valence-corrected chi connectivity index (χ1v) is 7.40. The topological polar surface area (TPSA) is 29.9 Å². The Hall–Kier alpha value is -1.13. The Labute approximate surface area is 123 Å². The molecule has 1 atom stereocenters. The Morgan fingerprint density at radius 3 is 2.74 bits per heavy atom. The van der Waals surface area contributed by atoms with Crippen molar-refractivity contribution in [1.82, 2.24) is 15.1 Å². The predicted octanol–water partition coefficient (Wildman–Crippen LogP) is 3.58. The Morgan fingerprint density at radius 2 is 2.16 bits per heavy atom. The second-order valence-electron chi connectivity index (χ2n) is 4.77. The average Bonchev–Trinajstić information content (AvgIpc) is 2.78. The van der Waals surface area contributed by atoms with Gasteiger partial charge in [-0.05, 0) is 49.2 Å². The molecule has 3 nitrogen and oxygen atoms in total. The van der Waals surface area contributed by atoms with E-state index in [0.717, 1.165) is 17.4 Å². The number of halogens is 1. The molecule has 4 heteroatoms.